The Balaban J connectivity index is 2.37. The zero-order valence-electron chi connectivity index (χ0n) is 17.0. The summed E-state index contributed by atoms with van der Waals surface area (Å²) in [5, 5.41) is 11.4. The Morgan fingerprint density at radius 2 is 1.59 bits per heavy atom. The highest BCUT2D eigenvalue weighted by Crippen LogP contribution is 2.32. The van der Waals surface area contributed by atoms with Crippen LogP contribution in [-0.2, 0) is 10.0 Å². The molecule has 0 bridgehead atoms. The largest absolute Gasteiger partial charge is 0.355 e. The zero-order chi connectivity index (χ0) is 21.8. The van der Waals surface area contributed by atoms with Gasteiger partial charge in [0.2, 0.25) is 5.03 Å². The van der Waals surface area contributed by atoms with Crippen LogP contribution in [0.15, 0.2) is 35.5 Å². The van der Waals surface area contributed by atoms with Crippen LogP contribution in [0.4, 0.5) is 10.5 Å². The van der Waals surface area contributed by atoms with E-state index in [4.69, 9.17) is 0 Å². The van der Waals surface area contributed by atoms with Crippen molar-refractivity contribution in [3.63, 3.8) is 0 Å². The van der Waals surface area contributed by atoms with Gasteiger partial charge in [-0.15, -0.1) is 5.10 Å². The molecular formula is C19H25N5O4S. The first-order valence-corrected chi connectivity index (χ1v) is 10.6. The molecule has 0 aliphatic heterocycles. The van der Waals surface area contributed by atoms with E-state index in [-0.39, 0.29) is 17.4 Å². The zero-order valence-corrected chi connectivity index (χ0v) is 17.8. The van der Waals surface area contributed by atoms with Gasteiger partial charge in [0, 0.05) is 12.7 Å². The van der Waals surface area contributed by atoms with Crippen molar-refractivity contribution >= 4 is 27.6 Å². The van der Waals surface area contributed by atoms with Gasteiger partial charge in [0.15, 0.2) is 0 Å². The smallest absolute Gasteiger partial charge is 0.333 e. The predicted octanol–water partition coefficient (Wildman–Crippen LogP) is 2.59. The van der Waals surface area contributed by atoms with Crippen LogP contribution < -0.4 is 15.4 Å². The summed E-state index contributed by atoms with van der Waals surface area (Å²) in [4.78, 5) is 24.5. The van der Waals surface area contributed by atoms with Gasteiger partial charge < -0.3 is 10.6 Å². The summed E-state index contributed by atoms with van der Waals surface area (Å²) in [6, 6.07) is 5.93. The van der Waals surface area contributed by atoms with E-state index in [1.54, 1.807) is 0 Å². The van der Waals surface area contributed by atoms with Crippen molar-refractivity contribution in [1.29, 1.82) is 0 Å². The van der Waals surface area contributed by atoms with E-state index in [9.17, 15) is 18.0 Å². The van der Waals surface area contributed by atoms with Gasteiger partial charge in [-0.3, -0.25) is 4.79 Å². The normalized spacial score (nSPS) is 11.4. The first-order valence-electron chi connectivity index (χ1n) is 9.08. The molecule has 156 valence electrons. The van der Waals surface area contributed by atoms with Gasteiger partial charge in [-0.2, -0.15) is 13.5 Å². The SMILES string of the molecule is CNC(=O)c1ccnnc1S(=O)(=O)NC(=O)Nc1c(C(C)C)cccc1C(C)C. The molecule has 1 heterocycles. The molecule has 0 unspecified atom stereocenters. The number of nitrogens with one attached hydrogen (secondary N) is 3. The highest BCUT2D eigenvalue weighted by Gasteiger charge is 2.27. The van der Waals surface area contributed by atoms with Crippen molar-refractivity contribution in [3.05, 3.63) is 47.2 Å². The van der Waals surface area contributed by atoms with Gasteiger partial charge in [-0.05, 0) is 29.0 Å². The molecule has 3 N–H and O–H groups in total. The van der Waals surface area contributed by atoms with E-state index in [1.807, 2.05) is 50.6 Å². The van der Waals surface area contributed by atoms with Crippen LogP contribution in [0.1, 0.15) is 61.0 Å². The lowest BCUT2D eigenvalue weighted by Gasteiger charge is -2.20. The summed E-state index contributed by atoms with van der Waals surface area (Å²) in [5.74, 6) is -0.436. The van der Waals surface area contributed by atoms with Crippen LogP contribution in [-0.4, -0.2) is 37.6 Å². The maximum atomic E-state index is 12.7. The topological polar surface area (TPSA) is 130 Å². The lowest BCUT2D eigenvalue weighted by molar-refractivity contribution is 0.0958. The highest BCUT2D eigenvalue weighted by atomic mass is 32.2. The number of hydrogen-bond donors (Lipinski definition) is 3. The van der Waals surface area contributed by atoms with Crippen LogP contribution >= 0.6 is 0 Å². The minimum absolute atomic E-state index is 0.112. The molecule has 0 aliphatic carbocycles. The molecule has 0 aliphatic rings. The summed E-state index contributed by atoms with van der Waals surface area (Å²) >= 11 is 0. The average molecular weight is 420 g/mol. The summed E-state index contributed by atoms with van der Waals surface area (Å²) < 4.78 is 27.2. The lowest BCUT2D eigenvalue weighted by Crippen LogP contribution is -2.37. The van der Waals surface area contributed by atoms with Gasteiger partial charge in [-0.1, -0.05) is 45.9 Å². The minimum atomic E-state index is -4.43. The third kappa shape index (κ3) is 5.08. The van der Waals surface area contributed by atoms with E-state index >= 15 is 0 Å². The number of carbonyl (C=O) groups is 2. The maximum absolute atomic E-state index is 12.7. The second kappa shape index (κ2) is 8.99. The molecule has 0 saturated carbocycles. The number of amides is 3. The van der Waals surface area contributed by atoms with E-state index in [1.165, 1.54) is 19.3 Å². The quantitative estimate of drug-likeness (QED) is 0.660. The molecule has 29 heavy (non-hydrogen) atoms. The fourth-order valence-corrected chi connectivity index (χ4v) is 3.83. The van der Waals surface area contributed by atoms with Crippen molar-refractivity contribution in [1.82, 2.24) is 20.2 Å². The number of aromatic nitrogens is 2. The third-order valence-electron chi connectivity index (χ3n) is 4.25. The molecule has 1 aromatic carbocycles. The van der Waals surface area contributed by atoms with Crippen molar-refractivity contribution in [2.75, 3.05) is 12.4 Å². The van der Waals surface area contributed by atoms with Gasteiger partial charge in [-0.25, -0.2) is 9.52 Å². The van der Waals surface area contributed by atoms with Gasteiger partial charge in [0.05, 0.1) is 11.8 Å². The first kappa shape index (κ1) is 22.3. The first-order chi connectivity index (χ1) is 13.6. The second-order valence-electron chi connectivity index (χ2n) is 7.01. The van der Waals surface area contributed by atoms with Gasteiger partial charge in [0.1, 0.15) is 0 Å². The van der Waals surface area contributed by atoms with Crippen molar-refractivity contribution in [2.24, 2.45) is 0 Å². The molecule has 0 saturated heterocycles. The standard InChI is InChI=1S/C19H25N5O4S/c1-11(2)13-7-6-8-14(12(3)4)16(13)22-19(26)24-29(27,28)18-15(17(25)20-5)9-10-21-23-18/h6-12H,1-5H3,(H,20,25)(H2,22,24,26). The number of sulfonamides is 1. The number of nitrogens with zero attached hydrogens (tertiary/aromatic N) is 2. The van der Waals surface area contributed by atoms with Crippen molar-refractivity contribution < 1.29 is 18.0 Å². The van der Waals surface area contributed by atoms with E-state index < -0.39 is 27.0 Å². The minimum Gasteiger partial charge on any atom is -0.355 e. The molecule has 0 radical (unpaired) electrons. The lowest BCUT2D eigenvalue weighted by atomic mass is 9.93. The molecule has 3 amide bonds. The van der Waals surface area contributed by atoms with Crippen LogP contribution in [0.5, 0.6) is 0 Å². The fraction of sp³-hybridized carbons (Fsp3) is 0.368. The number of hydrogen-bond acceptors (Lipinski definition) is 6. The Morgan fingerprint density at radius 1 is 1.00 bits per heavy atom. The molecule has 0 spiro atoms. The summed E-state index contributed by atoms with van der Waals surface area (Å²) in [5.41, 5.74) is 2.12. The average Bonchev–Trinajstić information content (AvgIpc) is 2.66. The van der Waals surface area contributed by atoms with Crippen LogP contribution in [0.25, 0.3) is 0 Å². The summed E-state index contributed by atoms with van der Waals surface area (Å²) in [6.07, 6.45) is 1.19. The van der Waals surface area contributed by atoms with E-state index in [2.05, 4.69) is 20.8 Å². The number of para-hydroxylation sites is 1. The maximum Gasteiger partial charge on any atom is 0.333 e. The van der Waals surface area contributed by atoms with E-state index in [0.29, 0.717) is 5.69 Å². The number of urea groups is 1. The van der Waals surface area contributed by atoms with Gasteiger partial charge in [0.25, 0.3) is 15.9 Å². The predicted molar refractivity (Wildman–Crippen MR) is 109 cm³/mol. The Hall–Kier alpha value is -3.01. The van der Waals surface area contributed by atoms with Crippen molar-refractivity contribution in [3.8, 4) is 0 Å². The Morgan fingerprint density at radius 3 is 2.10 bits per heavy atom. The fourth-order valence-electron chi connectivity index (χ4n) is 2.83. The highest BCUT2D eigenvalue weighted by molar-refractivity contribution is 7.90. The van der Waals surface area contributed by atoms with Crippen LogP contribution in [0.2, 0.25) is 0 Å². The molecule has 2 rings (SSSR count). The number of anilines is 1. The number of benzene rings is 1. The van der Waals surface area contributed by atoms with Crippen LogP contribution in [0.3, 0.4) is 0 Å². The van der Waals surface area contributed by atoms with Gasteiger partial charge >= 0.3 is 6.03 Å². The monoisotopic (exact) mass is 419 g/mol. The summed E-state index contributed by atoms with van der Waals surface area (Å²) in [7, 11) is -3.07. The van der Waals surface area contributed by atoms with Crippen molar-refractivity contribution in [2.45, 2.75) is 44.6 Å². The number of rotatable bonds is 6. The summed E-state index contributed by atoms with van der Waals surface area (Å²) in [6.45, 7) is 7.92. The number of carbonyl (C=O) groups excluding carboxylic acids is 2. The third-order valence-corrected chi connectivity index (χ3v) is 5.52. The van der Waals surface area contributed by atoms with E-state index in [0.717, 1.165) is 11.1 Å². The molecule has 2 aromatic rings. The molecule has 0 atom stereocenters. The Labute approximate surface area is 170 Å². The Kier molecular flexibility index (Phi) is 6.91. The molecule has 9 nitrogen and oxygen atoms in total. The molecule has 1 aromatic heterocycles. The molecule has 0 fully saturated rings. The molecular weight excluding hydrogens is 394 g/mol. The molecule has 10 heteroatoms. The van der Waals surface area contributed by atoms with Crippen LogP contribution in [0, 0.1) is 0 Å². The second-order valence-corrected chi connectivity index (χ2v) is 8.61. The Bertz CT molecular complexity index is 993.